The van der Waals surface area contributed by atoms with Crippen molar-refractivity contribution in [3.63, 3.8) is 0 Å². The van der Waals surface area contributed by atoms with E-state index in [1.165, 1.54) is 10.5 Å². The van der Waals surface area contributed by atoms with Gasteiger partial charge in [0, 0.05) is 37.6 Å². The van der Waals surface area contributed by atoms with E-state index < -0.39 is 6.10 Å². The summed E-state index contributed by atoms with van der Waals surface area (Å²) in [4.78, 5) is 32.5. The molecule has 0 unspecified atom stereocenters. The summed E-state index contributed by atoms with van der Waals surface area (Å²) in [5.41, 5.74) is 1.18. The number of piperazine rings is 1. The fourth-order valence-electron chi connectivity index (χ4n) is 3.95. The van der Waals surface area contributed by atoms with Gasteiger partial charge in [0.15, 0.2) is 11.5 Å². The van der Waals surface area contributed by atoms with Crippen molar-refractivity contribution in [2.24, 2.45) is 0 Å². The highest BCUT2D eigenvalue weighted by Gasteiger charge is 2.33. The molecule has 2 aromatic rings. The van der Waals surface area contributed by atoms with Crippen LogP contribution in [0.4, 0.5) is 0 Å². The first-order valence-electron chi connectivity index (χ1n) is 10.8. The molecule has 0 spiro atoms. The summed E-state index contributed by atoms with van der Waals surface area (Å²) in [6.45, 7) is 3.36. The fraction of sp³-hybridized carbons (Fsp3) is 0.417. The number of ether oxygens (including phenoxy) is 2. The van der Waals surface area contributed by atoms with Gasteiger partial charge in [-0.05, 0) is 43.1 Å². The van der Waals surface area contributed by atoms with Gasteiger partial charge in [-0.25, -0.2) is 0 Å². The Morgan fingerprint density at radius 2 is 1.66 bits per heavy atom. The Kier molecular flexibility index (Phi) is 7.22. The number of nitrogens with zero attached hydrogens (tertiary/aromatic N) is 3. The molecule has 1 fully saturated rings. The Morgan fingerprint density at radius 1 is 1.00 bits per heavy atom. The Bertz CT molecular complexity index is 945. The molecule has 2 aromatic carbocycles. The molecule has 0 aliphatic carbocycles. The molecule has 170 valence electrons. The maximum Gasteiger partial charge on any atom is 0.267 e. The molecule has 2 aliphatic heterocycles. The predicted octanol–water partition coefficient (Wildman–Crippen LogP) is 2.35. The molecule has 0 saturated carbocycles. The molecule has 32 heavy (non-hydrogen) atoms. The maximum atomic E-state index is 12.9. The van der Waals surface area contributed by atoms with Gasteiger partial charge in [0.05, 0.1) is 6.54 Å². The summed E-state index contributed by atoms with van der Waals surface area (Å²) < 4.78 is 11.5. The van der Waals surface area contributed by atoms with Gasteiger partial charge < -0.3 is 19.3 Å². The SMILES string of the molecule is CSc1ccc(CN(C)CC(=O)N2CCN(C(=O)[C@H]3COc4ccccc4O3)CC2)cc1. The first-order valence-corrected chi connectivity index (χ1v) is 12.0. The summed E-state index contributed by atoms with van der Waals surface area (Å²) in [5, 5.41) is 0. The number of thioether (sulfide) groups is 1. The number of hydrogen-bond donors (Lipinski definition) is 0. The van der Waals surface area contributed by atoms with Gasteiger partial charge in [-0.15, -0.1) is 11.8 Å². The van der Waals surface area contributed by atoms with E-state index in [4.69, 9.17) is 9.47 Å². The summed E-state index contributed by atoms with van der Waals surface area (Å²) in [7, 11) is 1.96. The van der Waals surface area contributed by atoms with Gasteiger partial charge in [0.2, 0.25) is 12.0 Å². The van der Waals surface area contributed by atoms with Gasteiger partial charge in [-0.1, -0.05) is 24.3 Å². The molecular weight excluding hydrogens is 426 g/mol. The number of carbonyl (C=O) groups is 2. The van der Waals surface area contributed by atoms with Crippen LogP contribution in [0.5, 0.6) is 11.5 Å². The van der Waals surface area contributed by atoms with Gasteiger partial charge >= 0.3 is 0 Å². The van der Waals surface area contributed by atoms with E-state index in [1.54, 1.807) is 22.7 Å². The lowest BCUT2D eigenvalue weighted by atomic mass is 10.2. The van der Waals surface area contributed by atoms with Gasteiger partial charge in [-0.2, -0.15) is 0 Å². The van der Waals surface area contributed by atoms with Crippen molar-refractivity contribution in [3.8, 4) is 11.5 Å². The smallest absolute Gasteiger partial charge is 0.267 e. The third kappa shape index (κ3) is 5.37. The van der Waals surface area contributed by atoms with Crippen LogP contribution in [0.1, 0.15) is 5.56 Å². The highest BCUT2D eigenvalue weighted by molar-refractivity contribution is 7.98. The largest absolute Gasteiger partial charge is 0.485 e. The number of rotatable bonds is 6. The van der Waals surface area contributed by atoms with Crippen molar-refractivity contribution < 1.29 is 19.1 Å². The zero-order valence-electron chi connectivity index (χ0n) is 18.5. The van der Waals surface area contributed by atoms with Crippen LogP contribution in [0.2, 0.25) is 0 Å². The van der Waals surface area contributed by atoms with Crippen LogP contribution in [0, 0.1) is 0 Å². The molecule has 0 aromatic heterocycles. The minimum atomic E-state index is -0.643. The van der Waals surface area contributed by atoms with E-state index in [9.17, 15) is 9.59 Å². The molecule has 2 heterocycles. The molecule has 1 atom stereocenters. The number of amides is 2. The standard InChI is InChI=1S/C24H29N3O4S/c1-25(15-18-7-9-19(32-2)10-8-18)16-23(28)26-11-13-27(14-12-26)24(29)22-17-30-20-5-3-4-6-21(20)31-22/h3-10,22H,11-17H2,1-2H3/t22-/m1/s1. The van der Waals surface area contributed by atoms with Crippen LogP contribution in [-0.2, 0) is 16.1 Å². The van der Waals surface area contributed by atoms with Crippen molar-refractivity contribution in [2.75, 3.05) is 52.6 Å². The minimum absolute atomic E-state index is 0.0857. The van der Waals surface area contributed by atoms with Crippen LogP contribution in [0.15, 0.2) is 53.4 Å². The van der Waals surface area contributed by atoms with E-state index >= 15 is 0 Å². The first kappa shape index (κ1) is 22.5. The molecule has 7 nitrogen and oxygen atoms in total. The zero-order valence-corrected chi connectivity index (χ0v) is 19.3. The Hall–Kier alpha value is -2.71. The van der Waals surface area contributed by atoms with Crippen molar-refractivity contribution in [1.29, 1.82) is 0 Å². The molecule has 8 heteroatoms. The average molecular weight is 456 g/mol. The van der Waals surface area contributed by atoms with Gasteiger partial charge in [-0.3, -0.25) is 14.5 Å². The highest BCUT2D eigenvalue weighted by atomic mass is 32.2. The average Bonchev–Trinajstić information content (AvgIpc) is 2.83. The maximum absolute atomic E-state index is 12.9. The first-order chi connectivity index (χ1) is 15.5. The lowest BCUT2D eigenvalue weighted by Gasteiger charge is -2.37. The van der Waals surface area contributed by atoms with Crippen LogP contribution >= 0.6 is 11.8 Å². The van der Waals surface area contributed by atoms with Crippen molar-refractivity contribution in [2.45, 2.75) is 17.5 Å². The number of carbonyl (C=O) groups excluding carboxylic acids is 2. The summed E-state index contributed by atoms with van der Waals surface area (Å²) in [6, 6.07) is 15.8. The number of hydrogen-bond acceptors (Lipinski definition) is 6. The third-order valence-electron chi connectivity index (χ3n) is 5.74. The van der Waals surface area contributed by atoms with Crippen LogP contribution in [0.3, 0.4) is 0 Å². The van der Waals surface area contributed by atoms with E-state index in [0.29, 0.717) is 44.2 Å². The molecule has 4 rings (SSSR count). The number of fused-ring (bicyclic) bond motifs is 1. The normalized spacial score (nSPS) is 18.0. The Morgan fingerprint density at radius 3 is 2.34 bits per heavy atom. The topological polar surface area (TPSA) is 62.3 Å². The second-order valence-corrected chi connectivity index (χ2v) is 8.97. The third-order valence-corrected chi connectivity index (χ3v) is 6.49. The molecular formula is C24H29N3O4S. The summed E-state index contributed by atoms with van der Waals surface area (Å²) in [6.07, 6.45) is 1.41. The molecule has 2 amide bonds. The Labute approximate surface area is 193 Å². The molecule has 0 bridgehead atoms. The molecule has 2 aliphatic rings. The predicted molar refractivity (Wildman–Crippen MR) is 124 cm³/mol. The minimum Gasteiger partial charge on any atom is -0.485 e. The van der Waals surface area contributed by atoms with Crippen molar-refractivity contribution >= 4 is 23.6 Å². The van der Waals surface area contributed by atoms with Crippen LogP contribution in [0.25, 0.3) is 0 Å². The summed E-state index contributed by atoms with van der Waals surface area (Å²) in [5.74, 6) is 1.26. The number of likely N-dealkylation sites (N-methyl/N-ethyl adjacent to an activating group) is 1. The number of benzene rings is 2. The lowest BCUT2D eigenvalue weighted by molar-refractivity contribution is -0.146. The van der Waals surface area contributed by atoms with Crippen molar-refractivity contribution in [1.82, 2.24) is 14.7 Å². The van der Waals surface area contributed by atoms with Gasteiger partial charge in [0.1, 0.15) is 6.61 Å². The van der Waals surface area contributed by atoms with Gasteiger partial charge in [0.25, 0.3) is 5.91 Å². The molecule has 0 N–H and O–H groups in total. The quantitative estimate of drug-likeness (QED) is 0.624. The second kappa shape index (κ2) is 10.3. The molecule has 0 radical (unpaired) electrons. The van der Waals surface area contributed by atoms with Crippen molar-refractivity contribution in [3.05, 3.63) is 54.1 Å². The number of para-hydroxylation sites is 2. The second-order valence-electron chi connectivity index (χ2n) is 8.09. The van der Waals surface area contributed by atoms with Crippen LogP contribution < -0.4 is 9.47 Å². The lowest BCUT2D eigenvalue weighted by Crippen LogP contribution is -2.56. The zero-order chi connectivity index (χ0) is 22.5. The summed E-state index contributed by atoms with van der Waals surface area (Å²) >= 11 is 1.72. The molecule has 1 saturated heterocycles. The van der Waals surface area contributed by atoms with E-state index in [-0.39, 0.29) is 18.4 Å². The fourth-order valence-corrected chi connectivity index (χ4v) is 4.36. The monoisotopic (exact) mass is 455 g/mol. The highest BCUT2D eigenvalue weighted by Crippen LogP contribution is 2.31. The van der Waals surface area contributed by atoms with E-state index in [2.05, 4.69) is 30.5 Å². The van der Waals surface area contributed by atoms with Crippen LogP contribution in [-0.4, -0.2) is 85.3 Å². The van der Waals surface area contributed by atoms with E-state index in [1.807, 2.05) is 35.0 Å². The Balaban J connectivity index is 1.23. The van der Waals surface area contributed by atoms with E-state index in [0.717, 1.165) is 6.54 Å².